The predicted octanol–water partition coefficient (Wildman–Crippen LogP) is 4.55. The molecule has 2 aromatic carbocycles. The van der Waals surface area contributed by atoms with Gasteiger partial charge in [0.15, 0.2) is 17.3 Å². The zero-order valence-corrected chi connectivity index (χ0v) is 16.1. The standard InChI is InChI=1S/C18H16Br2O4/c1-10-2-4-12(13(21)8-10)18(22)17(20)16(19)11-3-5-14-15(9-11)24-7-6-23-14/h2-5,8-9,16-17,21H,6-7H2,1H3/t16-,17+/m0/s1. The lowest BCUT2D eigenvalue weighted by Crippen LogP contribution is -2.20. The third-order valence-electron chi connectivity index (χ3n) is 3.81. The third-order valence-corrected chi connectivity index (χ3v) is 6.52. The van der Waals surface area contributed by atoms with Crippen molar-refractivity contribution < 1.29 is 19.4 Å². The van der Waals surface area contributed by atoms with Crippen molar-refractivity contribution in [1.82, 2.24) is 0 Å². The van der Waals surface area contributed by atoms with Gasteiger partial charge in [0.05, 0.1) is 15.2 Å². The number of phenols is 1. The fraction of sp³-hybridized carbons (Fsp3) is 0.278. The van der Waals surface area contributed by atoms with E-state index in [-0.39, 0.29) is 16.4 Å². The molecule has 2 atom stereocenters. The molecule has 0 amide bonds. The highest BCUT2D eigenvalue weighted by atomic mass is 79.9. The van der Waals surface area contributed by atoms with E-state index in [1.165, 1.54) is 0 Å². The maximum atomic E-state index is 12.7. The Morgan fingerprint density at radius 1 is 1.08 bits per heavy atom. The first kappa shape index (κ1) is 17.3. The number of rotatable bonds is 4. The average molecular weight is 456 g/mol. The highest BCUT2D eigenvalue weighted by Gasteiger charge is 2.28. The molecule has 4 nitrogen and oxygen atoms in total. The van der Waals surface area contributed by atoms with Crippen LogP contribution in [-0.4, -0.2) is 28.9 Å². The Hall–Kier alpha value is -1.53. The molecule has 6 heteroatoms. The van der Waals surface area contributed by atoms with Gasteiger partial charge in [0, 0.05) is 0 Å². The number of benzene rings is 2. The Labute approximate surface area is 157 Å². The maximum Gasteiger partial charge on any atom is 0.181 e. The van der Waals surface area contributed by atoms with Crippen molar-refractivity contribution in [2.24, 2.45) is 0 Å². The van der Waals surface area contributed by atoms with Crippen LogP contribution in [0, 0.1) is 6.92 Å². The van der Waals surface area contributed by atoms with E-state index in [1.54, 1.807) is 18.2 Å². The lowest BCUT2D eigenvalue weighted by atomic mass is 10.0. The van der Waals surface area contributed by atoms with Crippen LogP contribution in [0.4, 0.5) is 0 Å². The number of Topliss-reactive ketones (excluding diaryl/α,β-unsaturated/α-hetero) is 1. The number of ether oxygens (including phenoxy) is 2. The summed E-state index contributed by atoms with van der Waals surface area (Å²) in [5, 5.41) is 10.0. The number of phenolic OH excluding ortho intramolecular Hbond substituents is 1. The minimum absolute atomic E-state index is 0.00803. The van der Waals surface area contributed by atoms with Gasteiger partial charge in [0.25, 0.3) is 0 Å². The van der Waals surface area contributed by atoms with E-state index in [2.05, 4.69) is 31.9 Å². The molecule has 0 bridgehead atoms. The molecular weight excluding hydrogens is 440 g/mol. The van der Waals surface area contributed by atoms with Crippen LogP contribution in [0.5, 0.6) is 17.2 Å². The van der Waals surface area contributed by atoms with Gasteiger partial charge in [-0.25, -0.2) is 0 Å². The first-order valence-electron chi connectivity index (χ1n) is 7.49. The molecule has 1 aliphatic heterocycles. The van der Waals surface area contributed by atoms with Crippen LogP contribution in [-0.2, 0) is 0 Å². The number of carbonyl (C=O) groups excluding carboxylic acids is 1. The fourth-order valence-corrected chi connectivity index (χ4v) is 3.61. The molecule has 1 aliphatic rings. The second-order valence-corrected chi connectivity index (χ2v) is 7.56. The summed E-state index contributed by atoms with van der Waals surface area (Å²) in [6.07, 6.45) is 0. The number of hydrogen-bond acceptors (Lipinski definition) is 4. The van der Waals surface area contributed by atoms with Gasteiger partial charge in [-0.05, 0) is 42.3 Å². The van der Waals surface area contributed by atoms with Crippen molar-refractivity contribution in [3.8, 4) is 17.2 Å². The molecule has 0 radical (unpaired) electrons. The number of ketones is 1. The number of halogens is 2. The zero-order valence-electron chi connectivity index (χ0n) is 13.0. The topological polar surface area (TPSA) is 55.8 Å². The largest absolute Gasteiger partial charge is 0.507 e. The molecule has 0 saturated heterocycles. The summed E-state index contributed by atoms with van der Waals surface area (Å²) in [6.45, 7) is 2.91. The number of alkyl halides is 2. The van der Waals surface area contributed by atoms with E-state index in [4.69, 9.17) is 9.47 Å². The molecule has 24 heavy (non-hydrogen) atoms. The van der Waals surface area contributed by atoms with Crippen LogP contribution in [0.3, 0.4) is 0 Å². The summed E-state index contributed by atoms with van der Waals surface area (Å²) in [5.41, 5.74) is 2.09. The molecule has 0 saturated carbocycles. The Kier molecular flexibility index (Phi) is 5.15. The number of fused-ring (bicyclic) bond motifs is 1. The quantitative estimate of drug-likeness (QED) is 0.542. The van der Waals surface area contributed by atoms with Crippen molar-refractivity contribution in [2.45, 2.75) is 16.6 Å². The Bertz CT molecular complexity index is 776. The minimum atomic E-state index is -0.534. The molecule has 0 aliphatic carbocycles. The third kappa shape index (κ3) is 3.44. The number of aryl methyl sites for hydroxylation is 1. The lowest BCUT2D eigenvalue weighted by molar-refractivity contribution is 0.0988. The molecule has 0 spiro atoms. The van der Waals surface area contributed by atoms with Crippen LogP contribution in [0.2, 0.25) is 0 Å². The summed E-state index contributed by atoms with van der Waals surface area (Å²) in [7, 11) is 0. The van der Waals surface area contributed by atoms with Gasteiger partial charge in [-0.15, -0.1) is 0 Å². The SMILES string of the molecule is Cc1ccc(C(=O)[C@H](Br)[C@@H](Br)c2ccc3c(c2)OCCO3)c(O)c1. The van der Waals surface area contributed by atoms with Gasteiger partial charge in [-0.2, -0.15) is 0 Å². The monoisotopic (exact) mass is 454 g/mol. The smallest absolute Gasteiger partial charge is 0.181 e. The van der Waals surface area contributed by atoms with Crippen LogP contribution in [0.1, 0.15) is 26.3 Å². The van der Waals surface area contributed by atoms with E-state index < -0.39 is 4.83 Å². The van der Waals surface area contributed by atoms with Crippen molar-refractivity contribution in [2.75, 3.05) is 13.2 Å². The molecule has 0 aromatic heterocycles. The Morgan fingerprint density at radius 2 is 1.79 bits per heavy atom. The molecule has 0 fully saturated rings. The van der Waals surface area contributed by atoms with E-state index >= 15 is 0 Å². The van der Waals surface area contributed by atoms with Gasteiger partial charge < -0.3 is 14.6 Å². The molecule has 126 valence electrons. The molecular formula is C18H16Br2O4. The second-order valence-electron chi connectivity index (χ2n) is 5.59. The van der Waals surface area contributed by atoms with Gasteiger partial charge in [0.2, 0.25) is 0 Å². The summed E-state index contributed by atoms with van der Waals surface area (Å²) in [6, 6.07) is 10.6. The van der Waals surface area contributed by atoms with Gasteiger partial charge in [-0.1, -0.05) is 44.0 Å². The molecule has 3 rings (SSSR count). The first-order chi connectivity index (χ1) is 11.5. The predicted molar refractivity (Wildman–Crippen MR) is 99.0 cm³/mol. The second kappa shape index (κ2) is 7.15. The van der Waals surface area contributed by atoms with Crippen LogP contribution < -0.4 is 9.47 Å². The lowest BCUT2D eigenvalue weighted by Gasteiger charge is -2.21. The maximum absolute atomic E-state index is 12.7. The highest BCUT2D eigenvalue weighted by molar-refractivity contribution is 9.12. The molecule has 1 heterocycles. The minimum Gasteiger partial charge on any atom is -0.507 e. The number of carbonyl (C=O) groups is 1. The van der Waals surface area contributed by atoms with E-state index in [9.17, 15) is 9.90 Å². The number of hydrogen-bond donors (Lipinski definition) is 1. The van der Waals surface area contributed by atoms with Crippen LogP contribution in [0.15, 0.2) is 36.4 Å². The average Bonchev–Trinajstić information content (AvgIpc) is 2.59. The van der Waals surface area contributed by atoms with Gasteiger partial charge >= 0.3 is 0 Å². The van der Waals surface area contributed by atoms with Crippen LogP contribution in [0.25, 0.3) is 0 Å². The van der Waals surface area contributed by atoms with E-state index in [0.29, 0.717) is 30.3 Å². The summed E-state index contributed by atoms with van der Waals surface area (Å²) < 4.78 is 11.1. The highest BCUT2D eigenvalue weighted by Crippen LogP contribution is 2.39. The van der Waals surface area contributed by atoms with E-state index in [0.717, 1.165) is 11.1 Å². The van der Waals surface area contributed by atoms with Crippen molar-refractivity contribution in [3.63, 3.8) is 0 Å². The van der Waals surface area contributed by atoms with Crippen molar-refractivity contribution in [3.05, 3.63) is 53.1 Å². The summed E-state index contributed by atoms with van der Waals surface area (Å²) >= 11 is 7.02. The summed E-state index contributed by atoms with van der Waals surface area (Å²) in [4.78, 5) is 11.9. The van der Waals surface area contributed by atoms with Gasteiger partial charge in [-0.3, -0.25) is 4.79 Å². The van der Waals surface area contributed by atoms with Crippen LogP contribution >= 0.6 is 31.9 Å². The number of aromatic hydroxyl groups is 1. The van der Waals surface area contributed by atoms with Crippen molar-refractivity contribution >= 4 is 37.6 Å². The van der Waals surface area contributed by atoms with Crippen molar-refractivity contribution in [1.29, 1.82) is 0 Å². The van der Waals surface area contributed by atoms with Gasteiger partial charge in [0.1, 0.15) is 19.0 Å². The molecule has 0 unspecified atom stereocenters. The normalized spacial score (nSPS) is 15.6. The summed E-state index contributed by atoms with van der Waals surface area (Å²) in [5.74, 6) is 1.18. The Morgan fingerprint density at radius 3 is 2.50 bits per heavy atom. The first-order valence-corrected chi connectivity index (χ1v) is 9.32. The van der Waals surface area contributed by atoms with E-state index in [1.807, 2.05) is 25.1 Å². The molecule has 2 aromatic rings. The fourth-order valence-electron chi connectivity index (χ4n) is 2.53. The zero-order chi connectivity index (χ0) is 17.3. The Balaban J connectivity index is 1.83. The molecule has 1 N–H and O–H groups in total.